The number of nitrogens with two attached hydrogens (primary N) is 1. The van der Waals surface area contributed by atoms with Crippen molar-refractivity contribution in [3.8, 4) is 0 Å². The number of thiophene rings is 1. The number of halogens is 1. The highest BCUT2D eigenvalue weighted by atomic mass is 79.9. The van der Waals surface area contributed by atoms with Crippen LogP contribution in [0.25, 0.3) is 0 Å². The molecule has 0 aromatic carbocycles. The van der Waals surface area contributed by atoms with E-state index in [-0.39, 0.29) is 0 Å². The molecule has 2 N–H and O–H groups in total. The van der Waals surface area contributed by atoms with Crippen molar-refractivity contribution in [1.82, 2.24) is 4.90 Å². The third-order valence-corrected chi connectivity index (χ3v) is 5.12. The van der Waals surface area contributed by atoms with Crippen molar-refractivity contribution in [3.05, 3.63) is 20.8 Å². The third-order valence-electron chi connectivity index (χ3n) is 3.14. The lowest BCUT2D eigenvalue weighted by molar-refractivity contribution is 0.135. The van der Waals surface area contributed by atoms with Crippen molar-refractivity contribution in [1.29, 1.82) is 0 Å². The summed E-state index contributed by atoms with van der Waals surface area (Å²) in [4.78, 5) is 3.67. The molecule has 1 saturated heterocycles. The van der Waals surface area contributed by atoms with Gasteiger partial charge in [-0.15, -0.1) is 11.3 Å². The van der Waals surface area contributed by atoms with Crippen LogP contribution in [-0.4, -0.2) is 37.7 Å². The summed E-state index contributed by atoms with van der Waals surface area (Å²) in [6.07, 6.45) is 1.11. The molecule has 0 bridgehead atoms. The highest BCUT2D eigenvalue weighted by Crippen LogP contribution is 2.33. The molecule has 2 rings (SSSR count). The maximum Gasteiger partial charge on any atom is 0.0622 e. The van der Waals surface area contributed by atoms with Crippen LogP contribution in [0.5, 0.6) is 0 Å². The van der Waals surface area contributed by atoms with E-state index in [9.17, 15) is 0 Å². The number of likely N-dealkylation sites (N-methyl/N-ethyl adjacent to an activating group) is 1. The standard InChI is InChI=1S/C11H17BrN2OS/c1-14(8-2-4-15-7-8)10(6-13)11-9(12)3-5-16-11/h3,5,8,10H,2,4,6-7,13H2,1H3. The second-order valence-electron chi connectivity index (χ2n) is 4.07. The van der Waals surface area contributed by atoms with Gasteiger partial charge in [-0.3, -0.25) is 4.90 Å². The molecule has 1 aromatic heterocycles. The van der Waals surface area contributed by atoms with Crippen LogP contribution < -0.4 is 5.73 Å². The summed E-state index contributed by atoms with van der Waals surface area (Å²) in [7, 11) is 2.14. The predicted octanol–water partition coefficient (Wildman–Crippen LogP) is 2.23. The molecule has 0 saturated carbocycles. The van der Waals surface area contributed by atoms with Gasteiger partial charge < -0.3 is 10.5 Å². The lowest BCUT2D eigenvalue weighted by Gasteiger charge is -2.31. The van der Waals surface area contributed by atoms with Gasteiger partial charge in [-0.2, -0.15) is 0 Å². The Morgan fingerprint density at radius 3 is 3.06 bits per heavy atom. The minimum absolute atomic E-state index is 0.293. The Balaban J connectivity index is 2.12. The lowest BCUT2D eigenvalue weighted by atomic mass is 10.1. The van der Waals surface area contributed by atoms with Crippen LogP contribution in [0.15, 0.2) is 15.9 Å². The first-order valence-corrected chi connectivity index (χ1v) is 7.14. The molecule has 2 atom stereocenters. The van der Waals surface area contributed by atoms with E-state index >= 15 is 0 Å². The van der Waals surface area contributed by atoms with Gasteiger partial charge >= 0.3 is 0 Å². The van der Waals surface area contributed by atoms with E-state index in [1.807, 2.05) is 0 Å². The van der Waals surface area contributed by atoms with Crippen molar-refractivity contribution in [3.63, 3.8) is 0 Å². The van der Waals surface area contributed by atoms with Gasteiger partial charge in [-0.05, 0) is 40.8 Å². The van der Waals surface area contributed by atoms with Crippen molar-refractivity contribution in [2.24, 2.45) is 5.73 Å². The molecule has 2 unspecified atom stereocenters. The van der Waals surface area contributed by atoms with Crippen LogP contribution in [0.3, 0.4) is 0 Å². The van der Waals surface area contributed by atoms with Crippen LogP contribution in [0.2, 0.25) is 0 Å². The van der Waals surface area contributed by atoms with Crippen LogP contribution in [0.1, 0.15) is 17.3 Å². The molecule has 0 spiro atoms. The summed E-state index contributed by atoms with van der Waals surface area (Å²) in [5.41, 5.74) is 5.90. The zero-order valence-corrected chi connectivity index (χ0v) is 11.8. The first kappa shape index (κ1) is 12.5. The number of nitrogens with zero attached hydrogens (tertiary/aromatic N) is 1. The highest BCUT2D eigenvalue weighted by molar-refractivity contribution is 9.10. The molecule has 3 nitrogen and oxygen atoms in total. The largest absolute Gasteiger partial charge is 0.380 e. The summed E-state index contributed by atoms with van der Waals surface area (Å²) in [5, 5.41) is 2.10. The van der Waals surface area contributed by atoms with Gasteiger partial charge in [0.25, 0.3) is 0 Å². The molecular formula is C11H17BrN2OS. The van der Waals surface area contributed by atoms with E-state index in [0.717, 1.165) is 19.6 Å². The summed E-state index contributed by atoms with van der Waals surface area (Å²) in [6.45, 7) is 2.35. The smallest absolute Gasteiger partial charge is 0.0622 e. The Morgan fingerprint density at radius 2 is 2.56 bits per heavy atom. The van der Waals surface area contributed by atoms with E-state index in [0.29, 0.717) is 18.6 Å². The van der Waals surface area contributed by atoms with Gasteiger partial charge in [0.05, 0.1) is 12.6 Å². The Hall–Kier alpha value is 0.0600. The number of hydrogen-bond acceptors (Lipinski definition) is 4. The summed E-state index contributed by atoms with van der Waals surface area (Å²) in [6, 6.07) is 2.88. The average molecular weight is 305 g/mol. The topological polar surface area (TPSA) is 38.5 Å². The van der Waals surface area contributed by atoms with E-state index in [2.05, 4.69) is 39.3 Å². The van der Waals surface area contributed by atoms with Crippen LogP contribution in [0.4, 0.5) is 0 Å². The minimum atomic E-state index is 0.293. The SMILES string of the molecule is CN(C1CCOC1)C(CN)c1sccc1Br. The second kappa shape index (κ2) is 5.60. The van der Waals surface area contributed by atoms with E-state index in [1.54, 1.807) is 11.3 Å². The maximum atomic E-state index is 5.90. The van der Waals surface area contributed by atoms with Gasteiger partial charge in [-0.25, -0.2) is 0 Å². The van der Waals surface area contributed by atoms with Gasteiger partial charge in [0.1, 0.15) is 0 Å². The Bertz CT molecular complexity index is 338. The zero-order chi connectivity index (χ0) is 11.5. The molecule has 0 amide bonds. The molecule has 90 valence electrons. The monoisotopic (exact) mass is 304 g/mol. The van der Waals surface area contributed by atoms with Gasteiger partial charge in [0.15, 0.2) is 0 Å². The van der Waals surface area contributed by atoms with Gasteiger partial charge in [-0.1, -0.05) is 0 Å². The van der Waals surface area contributed by atoms with Gasteiger partial charge in [0, 0.05) is 28.5 Å². The maximum absolute atomic E-state index is 5.90. The minimum Gasteiger partial charge on any atom is -0.380 e. The number of ether oxygens (including phenoxy) is 1. The fraction of sp³-hybridized carbons (Fsp3) is 0.636. The summed E-state index contributed by atoms with van der Waals surface area (Å²) < 4.78 is 6.60. The Kier molecular flexibility index (Phi) is 4.38. The molecule has 16 heavy (non-hydrogen) atoms. The molecule has 5 heteroatoms. The summed E-state index contributed by atoms with van der Waals surface area (Å²) in [5.74, 6) is 0. The van der Waals surface area contributed by atoms with E-state index < -0.39 is 0 Å². The molecule has 1 aliphatic heterocycles. The van der Waals surface area contributed by atoms with Crippen LogP contribution >= 0.6 is 27.3 Å². The Morgan fingerprint density at radius 1 is 1.75 bits per heavy atom. The normalized spacial score (nSPS) is 22.9. The van der Waals surface area contributed by atoms with Crippen LogP contribution in [-0.2, 0) is 4.74 Å². The molecule has 0 radical (unpaired) electrons. The lowest BCUT2D eigenvalue weighted by Crippen LogP contribution is -2.38. The number of rotatable bonds is 4. The quantitative estimate of drug-likeness (QED) is 0.927. The summed E-state index contributed by atoms with van der Waals surface area (Å²) >= 11 is 5.34. The first-order chi connectivity index (χ1) is 7.74. The highest BCUT2D eigenvalue weighted by Gasteiger charge is 2.28. The Labute approximate surface area is 109 Å². The third kappa shape index (κ3) is 2.49. The number of hydrogen-bond donors (Lipinski definition) is 1. The van der Waals surface area contributed by atoms with E-state index in [4.69, 9.17) is 10.5 Å². The predicted molar refractivity (Wildman–Crippen MR) is 70.8 cm³/mol. The fourth-order valence-corrected chi connectivity index (χ4v) is 3.90. The van der Waals surface area contributed by atoms with Crippen molar-refractivity contribution in [2.75, 3.05) is 26.8 Å². The molecule has 1 aromatic rings. The first-order valence-electron chi connectivity index (χ1n) is 5.46. The van der Waals surface area contributed by atoms with Crippen molar-refractivity contribution in [2.45, 2.75) is 18.5 Å². The van der Waals surface area contributed by atoms with Crippen molar-refractivity contribution < 1.29 is 4.74 Å². The average Bonchev–Trinajstić information content (AvgIpc) is 2.91. The van der Waals surface area contributed by atoms with Gasteiger partial charge in [0.2, 0.25) is 0 Å². The molecule has 1 fully saturated rings. The molecular weight excluding hydrogens is 288 g/mol. The molecule has 2 heterocycles. The van der Waals surface area contributed by atoms with Crippen LogP contribution in [0, 0.1) is 0 Å². The van der Waals surface area contributed by atoms with E-state index in [1.165, 1.54) is 9.35 Å². The molecule has 0 aliphatic carbocycles. The molecule has 1 aliphatic rings. The van der Waals surface area contributed by atoms with Crippen molar-refractivity contribution >= 4 is 27.3 Å². The fourth-order valence-electron chi connectivity index (χ4n) is 2.10. The second-order valence-corrected chi connectivity index (χ2v) is 5.87. The zero-order valence-electron chi connectivity index (χ0n) is 9.36.